The number of hydrogen-bond acceptors (Lipinski definition) is 3. The topological polar surface area (TPSA) is 44.5 Å². The van der Waals surface area contributed by atoms with Gasteiger partial charge in [0.1, 0.15) is 0 Å². The van der Waals surface area contributed by atoms with Gasteiger partial charge in [-0.15, -0.1) is 0 Å². The minimum atomic E-state index is 0.213. The van der Waals surface area contributed by atoms with E-state index in [4.69, 9.17) is 15.2 Å². The molecule has 0 fully saturated rings. The third-order valence-corrected chi connectivity index (χ3v) is 3.30. The molecule has 0 aliphatic rings. The molecule has 0 amide bonds. The Morgan fingerprint density at radius 3 is 2.58 bits per heavy atom. The van der Waals surface area contributed by atoms with Crippen LogP contribution in [0.25, 0.3) is 0 Å². The van der Waals surface area contributed by atoms with E-state index >= 15 is 0 Å². The summed E-state index contributed by atoms with van der Waals surface area (Å²) < 4.78 is 12.4. The number of benzene rings is 1. The molecule has 4 heteroatoms. The van der Waals surface area contributed by atoms with E-state index in [0.29, 0.717) is 13.2 Å². The van der Waals surface area contributed by atoms with E-state index in [1.54, 1.807) is 0 Å². The third kappa shape index (κ3) is 5.41. The summed E-state index contributed by atoms with van der Waals surface area (Å²) in [6.07, 6.45) is 2.89. The van der Waals surface area contributed by atoms with Crippen LogP contribution in [0.5, 0.6) is 11.5 Å². The van der Waals surface area contributed by atoms with Crippen molar-refractivity contribution >= 4 is 15.9 Å². The highest BCUT2D eigenvalue weighted by molar-refractivity contribution is 9.10. The lowest BCUT2D eigenvalue weighted by molar-refractivity contribution is 0.275. The number of nitrogens with two attached hydrogens (primary N) is 1. The lowest BCUT2D eigenvalue weighted by Crippen LogP contribution is -2.15. The Morgan fingerprint density at radius 1 is 1.26 bits per heavy atom. The van der Waals surface area contributed by atoms with Gasteiger partial charge < -0.3 is 15.2 Å². The van der Waals surface area contributed by atoms with Crippen molar-refractivity contribution in [3.8, 4) is 11.5 Å². The van der Waals surface area contributed by atoms with Crippen LogP contribution < -0.4 is 15.2 Å². The summed E-state index contributed by atoms with van der Waals surface area (Å²) in [5.41, 5.74) is 7.02. The van der Waals surface area contributed by atoms with Gasteiger partial charge in [-0.25, -0.2) is 0 Å². The Bertz CT molecular complexity index is 394. The number of rotatable bonds is 8. The van der Waals surface area contributed by atoms with Gasteiger partial charge >= 0.3 is 0 Å². The van der Waals surface area contributed by atoms with Gasteiger partial charge in [0.15, 0.2) is 11.5 Å². The van der Waals surface area contributed by atoms with Crippen molar-refractivity contribution < 1.29 is 9.47 Å². The number of halogens is 1. The van der Waals surface area contributed by atoms with Gasteiger partial charge in [-0.05, 0) is 66.7 Å². The molecule has 0 saturated carbocycles. The lowest BCUT2D eigenvalue weighted by atomic mass is 10.1. The molecular formula is C15H24BrNO2. The van der Waals surface area contributed by atoms with Gasteiger partial charge in [0, 0.05) is 6.04 Å². The zero-order valence-electron chi connectivity index (χ0n) is 12.0. The van der Waals surface area contributed by atoms with Crippen LogP contribution in [0.2, 0.25) is 0 Å². The number of hydrogen-bond donors (Lipinski definition) is 1. The summed E-state index contributed by atoms with van der Waals surface area (Å²) in [6, 6.07) is 4.36. The monoisotopic (exact) mass is 329 g/mol. The van der Waals surface area contributed by atoms with E-state index in [-0.39, 0.29) is 6.04 Å². The maximum Gasteiger partial charge on any atom is 0.175 e. The van der Waals surface area contributed by atoms with Crippen molar-refractivity contribution in [2.24, 2.45) is 5.73 Å². The molecule has 0 saturated heterocycles. The Morgan fingerprint density at radius 2 is 2.00 bits per heavy atom. The third-order valence-electron chi connectivity index (χ3n) is 2.71. The van der Waals surface area contributed by atoms with Crippen LogP contribution in [0.15, 0.2) is 16.6 Å². The second-order valence-corrected chi connectivity index (χ2v) is 5.56. The normalized spacial score (nSPS) is 12.3. The minimum Gasteiger partial charge on any atom is -0.490 e. The lowest BCUT2D eigenvalue weighted by Gasteiger charge is -2.15. The van der Waals surface area contributed by atoms with Gasteiger partial charge in [0.25, 0.3) is 0 Å². The predicted octanol–water partition coefficient (Wildman–Crippen LogP) is 3.92. The summed E-state index contributed by atoms with van der Waals surface area (Å²) in [6.45, 7) is 7.41. The van der Waals surface area contributed by atoms with Gasteiger partial charge in [0.2, 0.25) is 0 Å². The van der Waals surface area contributed by atoms with E-state index in [1.807, 2.05) is 13.8 Å². The fraction of sp³-hybridized carbons (Fsp3) is 0.600. The van der Waals surface area contributed by atoms with Gasteiger partial charge in [-0.2, -0.15) is 0 Å². The van der Waals surface area contributed by atoms with E-state index in [1.165, 1.54) is 5.56 Å². The molecule has 1 aromatic rings. The fourth-order valence-corrected chi connectivity index (χ4v) is 2.37. The Balaban J connectivity index is 2.92. The number of ether oxygens (including phenoxy) is 2. The van der Waals surface area contributed by atoms with E-state index < -0.39 is 0 Å². The smallest absolute Gasteiger partial charge is 0.175 e. The highest BCUT2D eigenvalue weighted by Gasteiger charge is 2.12. The van der Waals surface area contributed by atoms with Gasteiger partial charge in [-0.1, -0.05) is 6.92 Å². The molecule has 3 nitrogen and oxygen atoms in total. The van der Waals surface area contributed by atoms with Crippen molar-refractivity contribution in [1.29, 1.82) is 0 Å². The van der Waals surface area contributed by atoms with Crippen LogP contribution in [-0.2, 0) is 6.42 Å². The van der Waals surface area contributed by atoms with Crippen molar-refractivity contribution in [3.63, 3.8) is 0 Å². The van der Waals surface area contributed by atoms with Crippen LogP contribution >= 0.6 is 15.9 Å². The molecule has 0 radical (unpaired) electrons. The summed E-state index contributed by atoms with van der Waals surface area (Å²) >= 11 is 3.57. The Labute approximate surface area is 124 Å². The largest absolute Gasteiger partial charge is 0.490 e. The van der Waals surface area contributed by atoms with E-state index in [0.717, 1.165) is 35.2 Å². The van der Waals surface area contributed by atoms with Crippen molar-refractivity contribution in [3.05, 3.63) is 22.2 Å². The first-order valence-corrected chi connectivity index (χ1v) is 7.71. The molecule has 108 valence electrons. The van der Waals surface area contributed by atoms with Gasteiger partial charge in [0.05, 0.1) is 17.7 Å². The molecule has 0 aliphatic heterocycles. The van der Waals surface area contributed by atoms with E-state index in [2.05, 4.69) is 35.0 Å². The van der Waals surface area contributed by atoms with Crippen LogP contribution in [0.1, 0.15) is 39.2 Å². The van der Waals surface area contributed by atoms with Crippen molar-refractivity contribution in [2.75, 3.05) is 13.2 Å². The van der Waals surface area contributed by atoms with Crippen LogP contribution in [-0.4, -0.2) is 19.3 Å². The van der Waals surface area contributed by atoms with Crippen LogP contribution in [0, 0.1) is 0 Å². The van der Waals surface area contributed by atoms with Crippen molar-refractivity contribution in [1.82, 2.24) is 0 Å². The fourth-order valence-electron chi connectivity index (χ4n) is 1.77. The summed E-state index contributed by atoms with van der Waals surface area (Å²) in [5, 5.41) is 0. The SMILES string of the molecule is CCCOc1c(Br)cc(CCC(C)N)cc1OCC. The molecule has 2 N–H and O–H groups in total. The predicted molar refractivity (Wildman–Crippen MR) is 83.1 cm³/mol. The molecule has 0 aliphatic carbocycles. The second kappa shape index (κ2) is 8.43. The maximum absolute atomic E-state index is 5.80. The van der Waals surface area contributed by atoms with Crippen molar-refractivity contribution in [2.45, 2.75) is 46.1 Å². The average Bonchev–Trinajstić information content (AvgIpc) is 2.36. The standard InChI is InChI=1S/C15H24BrNO2/c1-4-8-19-15-13(16)9-12(7-6-11(3)17)10-14(15)18-5-2/h9-11H,4-8,17H2,1-3H3. The summed E-state index contributed by atoms with van der Waals surface area (Å²) in [4.78, 5) is 0. The Hall–Kier alpha value is -0.740. The van der Waals surface area contributed by atoms with Crippen LogP contribution in [0.3, 0.4) is 0 Å². The van der Waals surface area contributed by atoms with E-state index in [9.17, 15) is 0 Å². The molecule has 1 unspecified atom stereocenters. The summed E-state index contributed by atoms with van der Waals surface area (Å²) in [5.74, 6) is 1.61. The Kier molecular flexibility index (Phi) is 7.24. The molecule has 0 spiro atoms. The first kappa shape index (κ1) is 16.3. The molecule has 0 bridgehead atoms. The summed E-state index contributed by atoms with van der Waals surface area (Å²) in [7, 11) is 0. The highest BCUT2D eigenvalue weighted by atomic mass is 79.9. The zero-order chi connectivity index (χ0) is 14.3. The maximum atomic E-state index is 5.80. The van der Waals surface area contributed by atoms with Gasteiger partial charge in [-0.3, -0.25) is 0 Å². The van der Waals surface area contributed by atoms with Crippen LogP contribution in [0.4, 0.5) is 0 Å². The molecular weight excluding hydrogens is 306 g/mol. The molecule has 19 heavy (non-hydrogen) atoms. The molecule has 1 rings (SSSR count). The average molecular weight is 330 g/mol. The molecule has 0 aromatic heterocycles. The quantitative estimate of drug-likeness (QED) is 0.786. The molecule has 1 atom stereocenters. The highest BCUT2D eigenvalue weighted by Crippen LogP contribution is 2.37. The first-order chi connectivity index (χ1) is 9.08. The minimum absolute atomic E-state index is 0.213. The second-order valence-electron chi connectivity index (χ2n) is 4.70. The zero-order valence-corrected chi connectivity index (χ0v) is 13.6. The number of aryl methyl sites for hydroxylation is 1. The molecule has 0 heterocycles. The molecule has 1 aromatic carbocycles. The first-order valence-electron chi connectivity index (χ1n) is 6.92.